The molecule has 0 spiro atoms. The van der Waals surface area contributed by atoms with Gasteiger partial charge in [-0.2, -0.15) is 0 Å². The average Bonchev–Trinajstić information content (AvgIpc) is 2.72. The van der Waals surface area contributed by atoms with Crippen LogP contribution in [0.3, 0.4) is 0 Å². The number of hydrogen-bond acceptors (Lipinski definition) is 3. The summed E-state index contributed by atoms with van der Waals surface area (Å²) >= 11 is 0. The van der Waals surface area contributed by atoms with E-state index >= 15 is 0 Å². The Morgan fingerprint density at radius 3 is 1.70 bits per heavy atom. The van der Waals surface area contributed by atoms with E-state index in [0.717, 1.165) is 30.4 Å². The van der Waals surface area contributed by atoms with Crippen LogP contribution in [0.2, 0.25) is 0 Å². The highest BCUT2D eigenvalue weighted by Crippen LogP contribution is 2.62. The van der Waals surface area contributed by atoms with E-state index in [-0.39, 0.29) is 22.0 Å². The summed E-state index contributed by atoms with van der Waals surface area (Å²) in [4.78, 5) is 24.1. The van der Waals surface area contributed by atoms with E-state index in [0.29, 0.717) is 23.5 Å². The van der Waals surface area contributed by atoms with Gasteiger partial charge in [-0.3, -0.25) is 0 Å². The maximum absolute atomic E-state index is 12.3. The predicted molar refractivity (Wildman–Crippen MR) is 127 cm³/mol. The van der Waals surface area contributed by atoms with E-state index in [1.165, 1.54) is 25.3 Å². The lowest BCUT2D eigenvalue weighted by molar-refractivity contribution is -0.00662. The summed E-state index contributed by atoms with van der Waals surface area (Å²) in [5, 5.41) is 28.3. The molecule has 0 heterocycles. The van der Waals surface area contributed by atoms with Crippen molar-refractivity contribution >= 4 is 11.9 Å². The van der Waals surface area contributed by atoms with Gasteiger partial charge in [0.1, 0.15) is 5.75 Å². The van der Waals surface area contributed by atoms with Crippen molar-refractivity contribution in [2.45, 2.75) is 70.1 Å². The first kappa shape index (κ1) is 23.3. The Morgan fingerprint density at radius 1 is 0.818 bits per heavy atom. The zero-order chi connectivity index (χ0) is 24.0. The molecule has 3 N–H and O–H groups in total. The molecule has 2 aromatic rings. The number of carboxylic acids is 2. The third-order valence-corrected chi connectivity index (χ3v) is 7.78. The molecule has 0 radical (unpaired) electrons. The molecule has 4 bridgehead atoms. The zero-order valence-electron chi connectivity index (χ0n) is 19.7. The summed E-state index contributed by atoms with van der Waals surface area (Å²) in [7, 11) is 0. The monoisotopic (exact) mass is 450 g/mol. The fourth-order valence-corrected chi connectivity index (χ4v) is 7.02. The Morgan fingerprint density at radius 2 is 1.33 bits per heavy atom. The van der Waals surface area contributed by atoms with Crippen LogP contribution in [-0.2, 0) is 10.8 Å². The predicted octanol–water partition coefficient (Wildman–Crippen LogP) is 6.24. The van der Waals surface area contributed by atoms with Gasteiger partial charge in [-0.05, 0) is 96.4 Å². The summed E-state index contributed by atoms with van der Waals surface area (Å²) in [6.45, 7) is 6.29. The summed E-state index contributed by atoms with van der Waals surface area (Å²) in [6.07, 6.45) is 6.86. The zero-order valence-corrected chi connectivity index (χ0v) is 19.7. The Hall–Kier alpha value is -2.82. The van der Waals surface area contributed by atoms with E-state index in [1.807, 2.05) is 12.1 Å². The summed E-state index contributed by atoms with van der Waals surface area (Å²) in [5.41, 5.74) is 1.47. The SMILES string of the molecule is CC(C)(C)c1ccc(C(=O)O)c(C(=O)O)c1C12CC3CC(CC(C3)C1)C2.Oc1ccccc1. The number of carbonyl (C=O) groups is 2. The van der Waals surface area contributed by atoms with Crippen molar-refractivity contribution in [1.82, 2.24) is 0 Å². The average molecular weight is 451 g/mol. The Labute approximate surface area is 195 Å². The van der Waals surface area contributed by atoms with Gasteiger partial charge >= 0.3 is 11.9 Å². The van der Waals surface area contributed by atoms with Crippen LogP contribution in [0.15, 0.2) is 42.5 Å². The third kappa shape index (κ3) is 4.50. The van der Waals surface area contributed by atoms with Crippen LogP contribution < -0.4 is 0 Å². The molecular formula is C28H34O5. The molecule has 4 aliphatic carbocycles. The van der Waals surface area contributed by atoms with Crippen molar-refractivity contribution < 1.29 is 24.9 Å². The molecule has 0 atom stereocenters. The molecule has 4 aliphatic rings. The van der Waals surface area contributed by atoms with Gasteiger partial charge in [0.15, 0.2) is 0 Å². The number of phenols is 1. The molecule has 6 rings (SSSR count). The van der Waals surface area contributed by atoms with Gasteiger partial charge in [-0.25, -0.2) is 9.59 Å². The number of para-hydroxylation sites is 1. The summed E-state index contributed by atoms with van der Waals surface area (Å²) < 4.78 is 0. The highest BCUT2D eigenvalue weighted by Gasteiger charge is 2.54. The van der Waals surface area contributed by atoms with Gasteiger partial charge in [-0.15, -0.1) is 0 Å². The van der Waals surface area contributed by atoms with E-state index in [9.17, 15) is 19.8 Å². The first-order chi connectivity index (χ1) is 15.5. The van der Waals surface area contributed by atoms with Gasteiger partial charge in [0.25, 0.3) is 0 Å². The second-order valence-electron chi connectivity index (χ2n) is 11.3. The van der Waals surface area contributed by atoms with Crippen molar-refractivity contribution in [3.05, 3.63) is 64.7 Å². The number of rotatable bonds is 3. The van der Waals surface area contributed by atoms with Crippen molar-refractivity contribution in [2.75, 3.05) is 0 Å². The molecule has 0 amide bonds. The number of benzene rings is 2. The normalized spacial score (nSPS) is 27.5. The Bertz CT molecular complexity index is 1010. The van der Waals surface area contributed by atoms with Gasteiger partial charge < -0.3 is 15.3 Å². The fraction of sp³-hybridized carbons (Fsp3) is 0.500. The number of phenolic OH excluding ortho intramolecular Hbond substituents is 1. The second-order valence-corrected chi connectivity index (χ2v) is 11.3. The second kappa shape index (κ2) is 8.51. The lowest BCUT2D eigenvalue weighted by Gasteiger charge is -2.58. The van der Waals surface area contributed by atoms with Crippen molar-refractivity contribution in [3.63, 3.8) is 0 Å². The minimum atomic E-state index is -1.14. The van der Waals surface area contributed by atoms with Crippen molar-refractivity contribution in [2.24, 2.45) is 17.8 Å². The molecular weight excluding hydrogens is 416 g/mol. The van der Waals surface area contributed by atoms with Crippen LogP contribution in [-0.4, -0.2) is 27.3 Å². The molecule has 0 aromatic heterocycles. The molecule has 5 heteroatoms. The minimum Gasteiger partial charge on any atom is -0.508 e. The highest BCUT2D eigenvalue weighted by atomic mass is 16.4. The largest absolute Gasteiger partial charge is 0.508 e. The van der Waals surface area contributed by atoms with Crippen LogP contribution >= 0.6 is 0 Å². The van der Waals surface area contributed by atoms with Crippen LogP contribution in [0.4, 0.5) is 0 Å². The van der Waals surface area contributed by atoms with Gasteiger partial charge in [0.2, 0.25) is 0 Å². The molecule has 5 nitrogen and oxygen atoms in total. The number of carboxylic acid groups (broad SMARTS) is 2. The first-order valence-electron chi connectivity index (χ1n) is 11.9. The van der Waals surface area contributed by atoms with E-state index in [4.69, 9.17) is 5.11 Å². The fourth-order valence-electron chi connectivity index (χ4n) is 7.02. The molecule has 0 aliphatic heterocycles. The van der Waals surface area contributed by atoms with Gasteiger partial charge in [-0.1, -0.05) is 45.0 Å². The number of aromatic hydroxyl groups is 1. The Kier molecular flexibility index (Phi) is 6.02. The highest BCUT2D eigenvalue weighted by molar-refractivity contribution is 6.03. The summed E-state index contributed by atoms with van der Waals surface area (Å²) in [5.74, 6) is 0.0909. The number of hydrogen-bond donors (Lipinski definition) is 3. The maximum atomic E-state index is 12.3. The minimum absolute atomic E-state index is 0.0480. The van der Waals surface area contributed by atoms with E-state index < -0.39 is 11.9 Å². The van der Waals surface area contributed by atoms with Crippen LogP contribution in [0.1, 0.15) is 91.1 Å². The first-order valence-corrected chi connectivity index (χ1v) is 11.9. The topological polar surface area (TPSA) is 94.8 Å². The Balaban J connectivity index is 0.000000318. The van der Waals surface area contributed by atoms with Crippen molar-refractivity contribution in [3.8, 4) is 5.75 Å². The lowest BCUT2D eigenvalue weighted by atomic mass is 9.46. The molecule has 2 aromatic carbocycles. The van der Waals surface area contributed by atoms with Gasteiger partial charge in [0.05, 0.1) is 11.1 Å². The maximum Gasteiger partial charge on any atom is 0.336 e. The lowest BCUT2D eigenvalue weighted by Crippen LogP contribution is -2.50. The molecule has 4 saturated carbocycles. The van der Waals surface area contributed by atoms with E-state index in [2.05, 4.69) is 20.8 Å². The molecule has 33 heavy (non-hydrogen) atoms. The molecule has 176 valence electrons. The third-order valence-electron chi connectivity index (χ3n) is 7.78. The van der Waals surface area contributed by atoms with Gasteiger partial charge in [0, 0.05) is 0 Å². The smallest absolute Gasteiger partial charge is 0.336 e. The van der Waals surface area contributed by atoms with E-state index in [1.54, 1.807) is 24.3 Å². The molecule has 0 saturated heterocycles. The summed E-state index contributed by atoms with van der Waals surface area (Å²) in [6, 6.07) is 12.1. The van der Waals surface area contributed by atoms with Crippen LogP contribution in [0, 0.1) is 17.8 Å². The van der Waals surface area contributed by atoms with Crippen LogP contribution in [0.5, 0.6) is 5.75 Å². The molecule has 4 fully saturated rings. The number of aromatic carboxylic acids is 2. The quantitative estimate of drug-likeness (QED) is 0.514. The standard InChI is InChI=1S/C22H28O4.C6H6O/c1-21(2,3)16-5-4-15(19(23)24)17(20(25)26)18(16)22-9-12-6-13(10-22)8-14(7-12)11-22;7-6-4-2-1-3-5-6/h4-5,12-14H,6-11H2,1-3H3,(H,23,24)(H,25,26);1-5,7H. The van der Waals surface area contributed by atoms with Crippen LogP contribution in [0.25, 0.3) is 0 Å². The van der Waals surface area contributed by atoms with Crippen molar-refractivity contribution in [1.29, 1.82) is 0 Å². The molecule has 0 unspecified atom stereocenters.